The van der Waals surface area contributed by atoms with E-state index in [1.54, 1.807) is 0 Å². The van der Waals surface area contributed by atoms with Gasteiger partial charge in [-0.15, -0.1) is 0 Å². The number of aliphatic carboxylic acids is 1. The van der Waals surface area contributed by atoms with Crippen molar-refractivity contribution in [3.63, 3.8) is 0 Å². The van der Waals surface area contributed by atoms with E-state index in [1.165, 1.54) is 0 Å². The van der Waals surface area contributed by atoms with Crippen LogP contribution in [0.25, 0.3) is 5.57 Å². The lowest BCUT2D eigenvalue weighted by Crippen LogP contribution is -2.40. The third kappa shape index (κ3) is 4.96. The highest BCUT2D eigenvalue weighted by Crippen LogP contribution is 2.23. The Morgan fingerprint density at radius 1 is 1.08 bits per heavy atom. The summed E-state index contributed by atoms with van der Waals surface area (Å²) in [6.07, 6.45) is 3.54. The molecule has 136 valence electrons. The Balaban J connectivity index is 1.61. The van der Waals surface area contributed by atoms with E-state index >= 15 is 0 Å². The molecule has 0 aromatic heterocycles. The number of ether oxygens (including phenoxy) is 1. The Morgan fingerprint density at radius 2 is 1.69 bits per heavy atom. The summed E-state index contributed by atoms with van der Waals surface area (Å²) in [7, 11) is 0. The van der Waals surface area contributed by atoms with E-state index in [-0.39, 0.29) is 5.92 Å². The Hall–Kier alpha value is -2.59. The van der Waals surface area contributed by atoms with Crippen molar-refractivity contribution in [3.05, 3.63) is 78.1 Å². The number of piperidine rings is 1. The van der Waals surface area contributed by atoms with Crippen molar-refractivity contribution in [1.82, 2.24) is 4.90 Å². The lowest BCUT2D eigenvalue weighted by molar-refractivity contribution is -0.143. The Kier molecular flexibility index (Phi) is 6.45. The first-order valence-corrected chi connectivity index (χ1v) is 9.12. The summed E-state index contributed by atoms with van der Waals surface area (Å²) in [6, 6.07) is 20.4. The summed E-state index contributed by atoms with van der Waals surface area (Å²) in [5, 5.41) is 9.19. The van der Waals surface area contributed by atoms with Gasteiger partial charge in [0.15, 0.2) is 0 Å². The number of benzene rings is 2. The highest BCUT2D eigenvalue weighted by atomic mass is 16.5. The van der Waals surface area contributed by atoms with E-state index < -0.39 is 5.97 Å². The van der Waals surface area contributed by atoms with E-state index in [1.807, 2.05) is 42.7 Å². The number of hydrogen-bond donors (Lipinski definition) is 1. The molecule has 0 unspecified atom stereocenters. The summed E-state index contributed by atoms with van der Waals surface area (Å²) in [5.41, 5.74) is 3.28. The SMILES string of the molecule is O=C(O)[C@@H]1CCCN(CCOC=C(c2ccccc2)c2ccccc2)C1. The molecule has 0 aliphatic carbocycles. The Labute approximate surface area is 154 Å². The molecule has 2 aromatic rings. The Bertz CT molecular complexity index is 686. The van der Waals surface area contributed by atoms with Crippen LogP contribution < -0.4 is 0 Å². The van der Waals surface area contributed by atoms with Crippen molar-refractivity contribution in [2.24, 2.45) is 5.92 Å². The first-order chi connectivity index (χ1) is 12.7. The molecule has 1 fully saturated rings. The maximum Gasteiger partial charge on any atom is 0.307 e. The van der Waals surface area contributed by atoms with Crippen LogP contribution in [0.3, 0.4) is 0 Å². The second-order valence-corrected chi connectivity index (χ2v) is 6.61. The van der Waals surface area contributed by atoms with Gasteiger partial charge in [0.2, 0.25) is 0 Å². The molecule has 0 bridgehead atoms. The molecule has 1 atom stereocenters. The van der Waals surface area contributed by atoms with Gasteiger partial charge in [0.25, 0.3) is 0 Å². The normalized spacial score (nSPS) is 17.5. The molecule has 0 radical (unpaired) electrons. The van der Waals surface area contributed by atoms with Crippen molar-refractivity contribution in [2.75, 3.05) is 26.2 Å². The number of hydrogen-bond acceptors (Lipinski definition) is 3. The first kappa shape index (κ1) is 18.2. The number of rotatable bonds is 7. The average molecular weight is 351 g/mol. The Morgan fingerprint density at radius 3 is 2.27 bits per heavy atom. The third-order valence-electron chi connectivity index (χ3n) is 4.75. The molecule has 0 spiro atoms. The van der Waals surface area contributed by atoms with Crippen LogP contribution >= 0.6 is 0 Å². The second kappa shape index (κ2) is 9.20. The summed E-state index contributed by atoms with van der Waals surface area (Å²) >= 11 is 0. The second-order valence-electron chi connectivity index (χ2n) is 6.61. The van der Waals surface area contributed by atoms with Gasteiger partial charge in [-0.1, -0.05) is 60.7 Å². The topological polar surface area (TPSA) is 49.8 Å². The predicted molar refractivity (Wildman–Crippen MR) is 103 cm³/mol. The largest absolute Gasteiger partial charge is 0.499 e. The van der Waals surface area contributed by atoms with Crippen molar-refractivity contribution < 1.29 is 14.6 Å². The van der Waals surface area contributed by atoms with Gasteiger partial charge in [-0.2, -0.15) is 0 Å². The van der Waals surface area contributed by atoms with E-state index in [4.69, 9.17) is 4.74 Å². The van der Waals surface area contributed by atoms with Crippen LogP contribution in [0.2, 0.25) is 0 Å². The highest BCUT2D eigenvalue weighted by Gasteiger charge is 2.24. The molecule has 4 nitrogen and oxygen atoms in total. The number of carboxylic acids is 1. The first-order valence-electron chi connectivity index (χ1n) is 9.12. The summed E-state index contributed by atoms with van der Waals surface area (Å²) in [4.78, 5) is 13.3. The van der Waals surface area contributed by atoms with E-state index in [0.717, 1.165) is 42.6 Å². The zero-order valence-corrected chi connectivity index (χ0v) is 14.9. The molecule has 4 heteroatoms. The van der Waals surface area contributed by atoms with Crippen LogP contribution in [0, 0.1) is 5.92 Å². The molecule has 3 rings (SSSR count). The van der Waals surface area contributed by atoms with Crippen molar-refractivity contribution in [1.29, 1.82) is 0 Å². The van der Waals surface area contributed by atoms with E-state index in [2.05, 4.69) is 29.2 Å². The molecule has 2 aromatic carbocycles. The summed E-state index contributed by atoms with van der Waals surface area (Å²) in [6.45, 7) is 2.86. The summed E-state index contributed by atoms with van der Waals surface area (Å²) in [5.74, 6) is -0.936. The van der Waals surface area contributed by atoms with Crippen LogP contribution in [-0.4, -0.2) is 42.2 Å². The lowest BCUT2D eigenvalue weighted by Gasteiger charge is -2.30. The smallest absolute Gasteiger partial charge is 0.307 e. The van der Waals surface area contributed by atoms with Gasteiger partial charge in [0, 0.05) is 18.7 Å². The fourth-order valence-electron chi connectivity index (χ4n) is 3.32. The minimum atomic E-state index is -0.689. The fourth-order valence-corrected chi connectivity index (χ4v) is 3.32. The van der Waals surface area contributed by atoms with Crippen LogP contribution in [-0.2, 0) is 9.53 Å². The molecule has 0 amide bonds. The zero-order chi connectivity index (χ0) is 18.2. The highest BCUT2D eigenvalue weighted by molar-refractivity contribution is 5.78. The lowest BCUT2D eigenvalue weighted by atomic mass is 9.98. The monoisotopic (exact) mass is 351 g/mol. The van der Waals surface area contributed by atoms with Gasteiger partial charge < -0.3 is 9.84 Å². The molecule has 1 aliphatic rings. The standard InChI is InChI=1S/C22H25NO3/c24-22(25)20-12-7-13-23(16-20)14-15-26-17-21(18-8-3-1-4-9-18)19-10-5-2-6-11-19/h1-6,8-11,17,20H,7,12-16H2,(H,24,25)/t20-/m1/s1. The van der Waals surface area contributed by atoms with Gasteiger partial charge in [0.1, 0.15) is 6.61 Å². The van der Waals surface area contributed by atoms with Crippen LogP contribution in [0.1, 0.15) is 24.0 Å². The minimum absolute atomic E-state index is 0.247. The van der Waals surface area contributed by atoms with E-state index in [0.29, 0.717) is 13.2 Å². The molecule has 1 aliphatic heterocycles. The van der Waals surface area contributed by atoms with Gasteiger partial charge in [-0.3, -0.25) is 9.69 Å². The van der Waals surface area contributed by atoms with Crippen LogP contribution in [0.4, 0.5) is 0 Å². The minimum Gasteiger partial charge on any atom is -0.499 e. The van der Waals surface area contributed by atoms with Crippen molar-refractivity contribution >= 4 is 11.5 Å². The quantitative estimate of drug-likeness (QED) is 0.607. The van der Waals surface area contributed by atoms with Gasteiger partial charge >= 0.3 is 5.97 Å². The maximum absolute atomic E-state index is 11.2. The number of carbonyl (C=O) groups is 1. The van der Waals surface area contributed by atoms with E-state index in [9.17, 15) is 9.90 Å². The van der Waals surface area contributed by atoms with Gasteiger partial charge in [-0.25, -0.2) is 0 Å². The van der Waals surface area contributed by atoms with Gasteiger partial charge in [-0.05, 0) is 30.5 Å². The fraction of sp³-hybridized carbons (Fsp3) is 0.318. The molecule has 1 saturated heterocycles. The maximum atomic E-state index is 11.2. The molecule has 26 heavy (non-hydrogen) atoms. The molecular weight excluding hydrogens is 326 g/mol. The number of nitrogens with zero attached hydrogens (tertiary/aromatic N) is 1. The number of likely N-dealkylation sites (tertiary alicyclic amines) is 1. The molecule has 1 N–H and O–H groups in total. The van der Waals surface area contributed by atoms with Crippen molar-refractivity contribution in [3.8, 4) is 0 Å². The van der Waals surface area contributed by atoms with Crippen LogP contribution in [0.15, 0.2) is 66.9 Å². The number of carboxylic acid groups (broad SMARTS) is 1. The molecular formula is C22H25NO3. The average Bonchev–Trinajstić information content (AvgIpc) is 2.69. The summed E-state index contributed by atoms with van der Waals surface area (Å²) < 4.78 is 5.85. The van der Waals surface area contributed by atoms with Crippen LogP contribution in [0.5, 0.6) is 0 Å². The molecule has 0 saturated carbocycles. The molecule has 1 heterocycles. The van der Waals surface area contributed by atoms with Crippen molar-refractivity contribution in [2.45, 2.75) is 12.8 Å². The third-order valence-corrected chi connectivity index (χ3v) is 4.75. The van der Waals surface area contributed by atoms with Gasteiger partial charge in [0.05, 0.1) is 12.2 Å². The zero-order valence-electron chi connectivity index (χ0n) is 14.9. The predicted octanol–water partition coefficient (Wildman–Crippen LogP) is 3.89.